The zero-order valence-corrected chi connectivity index (χ0v) is 11.4. The summed E-state index contributed by atoms with van der Waals surface area (Å²) < 4.78 is 5.33. The number of hydrogen-bond donors (Lipinski definition) is 1. The summed E-state index contributed by atoms with van der Waals surface area (Å²) in [6, 6.07) is 9.55. The fraction of sp³-hybridized carbons (Fsp3) is 0.214. The van der Waals surface area contributed by atoms with Gasteiger partial charge in [0, 0.05) is 25.2 Å². The molecule has 0 amide bonds. The van der Waals surface area contributed by atoms with Crippen LogP contribution in [-0.2, 0) is 6.54 Å². The van der Waals surface area contributed by atoms with Crippen LogP contribution < -0.4 is 15.0 Å². The third-order valence-electron chi connectivity index (χ3n) is 2.83. The van der Waals surface area contributed by atoms with E-state index in [9.17, 15) is 0 Å². The van der Waals surface area contributed by atoms with Crippen LogP contribution in [0, 0.1) is 11.5 Å². The standard InChI is InChI=1S/C14H15N5O/c1-19(8-11-5-3-4-6-12(11)20-2)14-7-13(16-9-15)17-10-18-14/h3-7,10H,8H2,1-2H3,(H,16,17,18). The number of nitrogens with one attached hydrogen (secondary N) is 1. The van der Waals surface area contributed by atoms with E-state index in [1.807, 2.05) is 42.4 Å². The van der Waals surface area contributed by atoms with Crippen molar-refractivity contribution in [3.63, 3.8) is 0 Å². The first-order chi connectivity index (χ1) is 9.74. The van der Waals surface area contributed by atoms with Crippen LogP contribution in [-0.4, -0.2) is 24.1 Å². The molecular weight excluding hydrogens is 254 g/mol. The molecule has 6 nitrogen and oxygen atoms in total. The molecule has 0 spiro atoms. The molecule has 1 aromatic carbocycles. The molecule has 1 N–H and O–H groups in total. The highest BCUT2D eigenvalue weighted by Gasteiger charge is 2.08. The van der Waals surface area contributed by atoms with Gasteiger partial charge >= 0.3 is 0 Å². The van der Waals surface area contributed by atoms with Crippen molar-refractivity contribution in [2.75, 3.05) is 24.4 Å². The first-order valence-electron chi connectivity index (χ1n) is 6.04. The summed E-state index contributed by atoms with van der Waals surface area (Å²) >= 11 is 0. The molecule has 20 heavy (non-hydrogen) atoms. The molecule has 0 bridgehead atoms. The van der Waals surface area contributed by atoms with E-state index in [1.54, 1.807) is 13.2 Å². The van der Waals surface area contributed by atoms with Crippen molar-refractivity contribution in [1.29, 1.82) is 5.26 Å². The van der Waals surface area contributed by atoms with Crippen LogP contribution in [0.15, 0.2) is 36.7 Å². The van der Waals surface area contributed by atoms with Crippen LogP contribution in [0.4, 0.5) is 11.6 Å². The average Bonchev–Trinajstić information content (AvgIpc) is 2.48. The second-order valence-electron chi connectivity index (χ2n) is 4.17. The van der Waals surface area contributed by atoms with Gasteiger partial charge in [-0.3, -0.25) is 5.32 Å². The number of rotatable bonds is 5. The van der Waals surface area contributed by atoms with Crippen molar-refractivity contribution in [1.82, 2.24) is 9.97 Å². The van der Waals surface area contributed by atoms with Gasteiger partial charge in [-0.15, -0.1) is 0 Å². The fourth-order valence-corrected chi connectivity index (χ4v) is 1.85. The molecule has 2 rings (SSSR count). The number of methoxy groups -OCH3 is 1. The number of ether oxygens (including phenoxy) is 1. The molecule has 0 aliphatic carbocycles. The molecule has 0 atom stereocenters. The van der Waals surface area contributed by atoms with E-state index in [1.165, 1.54) is 6.33 Å². The number of benzene rings is 1. The van der Waals surface area contributed by atoms with Crippen molar-refractivity contribution in [3.8, 4) is 11.9 Å². The Labute approximate surface area is 117 Å². The van der Waals surface area contributed by atoms with Crippen LogP contribution in [0.25, 0.3) is 0 Å². The number of nitriles is 1. The number of hydrogen-bond acceptors (Lipinski definition) is 6. The molecule has 0 radical (unpaired) electrons. The minimum absolute atomic E-state index is 0.476. The Morgan fingerprint density at radius 1 is 1.35 bits per heavy atom. The molecule has 0 fully saturated rings. The van der Waals surface area contributed by atoms with Gasteiger partial charge in [0.1, 0.15) is 23.7 Å². The Morgan fingerprint density at radius 3 is 2.90 bits per heavy atom. The normalized spacial score (nSPS) is 9.65. The number of para-hydroxylation sites is 1. The highest BCUT2D eigenvalue weighted by Crippen LogP contribution is 2.21. The van der Waals surface area contributed by atoms with Gasteiger partial charge in [-0.1, -0.05) is 18.2 Å². The summed E-state index contributed by atoms with van der Waals surface area (Å²) in [5.74, 6) is 2.04. The van der Waals surface area contributed by atoms with E-state index < -0.39 is 0 Å². The summed E-state index contributed by atoms with van der Waals surface area (Å²) in [4.78, 5) is 10.1. The average molecular weight is 269 g/mol. The van der Waals surface area contributed by atoms with Crippen molar-refractivity contribution < 1.29 is 4.74 Å². The number of nitrogens with zero attached hydrogens (tertiary/aromatic N) is 4. The van der Waals surface area contributed by atoms with Gasteiger partial charge < -0.3 is 9.64 Å². The number of anilines is 2. The van der Waals surface area contributed by atoms with Gasteiger partial charge in [-0.05, 0) is 6.07 Å². The smallest absolute Gasteiger partial charge is 0.182 e. The van der Waals surface area contributed by atoms with Gasteiger partial charge in [0.25, 0.3) is 0 Å². The lowest BCUT2D eigenvalue weighted by atomic mass is 10.2. The Morgan fingerprint density at radius 2 is 2.15 bits per heavy atom. The van der Waals surface area contributed by atoms with Gasteiger partial charge in [-0.2, -0.15) is 5.26 Å². The minimum Gasteiger partial charge on any atom is -0.496 e. The topological polar surface area (TPSA) is 74.1 Å². The molecule has 2 aromatic rings. The van der Waals surface area contributed by atoms with Crippen LogP contribution in [0.3, 0.4) is 0 Å². The van der Waals surface area contributed by atoms with Gasteiger partial charge in [0.15, 0.2) is 6.19 Å². The van der Waals surface area contributed by atoms with E-state index in [-0.39, 0.29) is 0 Å². The maximum atomic E-state index is 8.60. The van der Waals surface area contributed by atoms with Gasteiger partial charge in [0.2, 0.25) is 0 Å². The van der Waals surface area contributed by atoms with E-state index in [0.717, 1.165) is 17.1 Å². The van der Waals surface area contributed by atoms with Crippen molar-refractivity contribution in [2.45, 2.75) is 6.54 Å². The lowest BCUT2D eigenvalue weighted by Gasteiger charge is -2.19. The quantitative estimate of drug-likeness (QED) is 0.661. The summed E-state index contributed by atoms with van der Waals surface area (Å²) in [5.41, 5.74) is 1.06. The van der Waals surface area contributed by atoms with Crippen LogP contribution in [0.2, 0.25) is 0 Å². The fourth-order valence-electron chi connectivity index (χ4n) is 1.85. The third kappa shape index (κ3) is 3.14. The minimum atomic E-state index is 0.476. The summed E-state index contributed by atoms with van der Waals surface area (Å²) in [5, 5.41) is 11.1. The van der Waals surface area contributed by atoms with E-state index in [4.69, 9.17) is 10.00 Å². The maximum Gasteiger partial charge on any atom is 0.182 e. The zero-order chi connectivity index (χ0) is 14.4. The first-order valence-corrected chi connectivity index (χ1v) is 6.04. The third-order valence-corrected chi connectivity index (χ3v) is 2.83. The Hall–Kier alpha value is -2.81. The molecule has 0 aliphatic heterocycles. The SMILES string of the molecule is COc1ccccc1CN(C)c1cc(NC#N)ncn1. The lowest BCUT2D eigenvalue weighted by molar-refractivity contribution is 0.409. The van der Waals surface area contributed by atoms with Gasteiger partial charge in [0.05, 0.1) is 7.11 Å². The largest absolute Gasteiger partial charge is 0.496 e. The van der Waals surface area contributed by atoms with Gasteiger partial charge in [-0.25, -0.2) is 9.97 Å². The summed E-state index contributed by atoms with van der Waals surface area (Å²) in [7, 11) is 3.57. The predicted molar refractivity (Wildman–Crippen MR) is 76.4 cm³/mol. The Bertz CT molecular complexity index is 623. The highest BCUT2D eigenvalue weighted by atomic mass is 16.5. The molecule has 0 unspecified atom stereocenters. The molecule has 0 saturated heterocycles. The lowest BCUT2D eigenvalue weighted by Crippen LogP contribution is -2.18. The van der Waals surface area contributed by atoms with Crippen molar-refractivity contribution in [2.24, 2.45) is 0 Å². The highest BCUT2D eigenvalue weighted by molar-refractivity contribution is 5.50. The summed E-state index contributed by atoms with van der Waals surface area (Å²) in [6.45, 7) is 0.646. The van der Waals surface area contributed by atoms with Crippen LogP contribution in [0.5, 0.6) is 5.75 Å². The van der Waals surface area contributed by atoms with Crippen LogP contribution >= 0.6 is 0 Å². The predicted octanol–water partition coefficient (Wildman–Crippen LogP) is 2.01. The molecular formula is C14H15N5O. The zero-order valence-electron chi connectivity index (χ0n) is 11.4. The summed E-state index contributed by atoms with van der Waals surface area (Å²) in [6.07, 6.45) is 3.26. The van der Waals surface area contributed by atoms with Crippen molar-refractivity contribution in [3.05, 3.63) is 42.2 Å². The second kappa shape index (κ2) is 6.38. The van der Waals surface area contributed by atoms with E-state index in [0.29, 0.717) is 12.4 Å². The molecule has 1 aromatic heterocycles. The first kappa shape index (κ1) is 13.6. The van der Waals surface area contributed by atoms with E-state index in [2.05, 4.69) is 15.3 Å². The molecule has 0 aliphatic rings. The molecule has 102 valence electrons. The Kier molecular flexibility index (Phi) is 4.35. The molecule has 6 heteroatoms. The van der Waals surface area contributed by atoms with Crippen LogP contribution in [0.1, 0.15) is 5.56 Å². The maximum absolute atomic E-state index is 8.60. The second-order valence-corrected chi connectivity index (χ2v) is 4.17. The molecule has 0 saturated carbocycles. The number of aromatic nitrogens is 2. The Balaban J connectivity index is 2.17. The monoisotopic (exact) mass is 269 g/mol. The van der Waals surface area contributed by atoms with E-state index >= 15 is 0 Å². The van der Waals surface area contributed by atoms with Crippen molar-refractivity contribution >= 4 is 11.6 Å². The molecule has 1 heterocycles.